The van der Waals surface area contributed by atoms with E-state index >= 15 is 0 Å². The fourth-order valence-corrected chi connectivity index (χ4v) is 5.34. The van der Waals surface area contributed by atoms with Crippen LogP contribution in [0.1, 0.15) is 37.8 Å². The molecule has 1 N–H and O–H groups in total. The van der Waals surface area contributed by atoms with Crippen LogP contribution in [0.15, 0.2) is 53.4 Å². The minimum atomic E-state index is -3.77. The number of nitrogens with one attached hydrogen (secondary N) is 1. The second-order valence-corrected chi connectivity index (χ2v) is 9.30. The van der Waals surface area contributed by atoms with Crippen molar-refractivity contribution in [2.45, 2.75) is 43.2 Å². The number of hydrogen-bond donors (Lipinski definition) is 1. The van der Waals surface area contributed by atoms with Gasteiger partial charge in [-0.05, 0) is 61.2 Å². The standard InChI is InChI=1S/C21H25ClN2O4S/c1-3-19(15-6-10-17(28-2)11-7-15)23-21(25)20-5-4-14-24(20)29(26,27)18-12-8-16(22)9-13-18/h6-13,19-20H,3-5,14H2,1-2H3,(H,23,25)/t19-,20-/m1/s1. The Hall–Kier alpha value is -2.09. The van der Waals surface area contributed by atoms with Gasteiger partial charge in [-0.2, -0.15) is 4.31 Å². The van der Waals surface area contributed by atoms with Crippen LogP contribution in [0.4, 0.5) is 0 Å². The van der Waals surface area contributed by atoms with Crippen LogP contribution in [0, 0.1) is 0 Å². The highest BCUT2D eigenvalue weighted by molar-refractivity contribution is 7.89. The van der Waals surface area contributed by atoms with Crippen LogP contribution in [0.2, 0.25) is 5.02 Å². The lowest BCUT2D eigenvalue weighted by Gasteiger charge is -2.26. The Morgan fingerprint density at radius 2 is 1.86 bits per heavy atom. The molecule has 8 heteroatoms. The summed E-state index contributed by atoms with van der Waals surface area (Å²) in [5.74, 6) is 0.466. The largest absolute Gasteiger partial charge is 0.497 e. The first-order chi connectivity index (χ1) is 13.9. The van der Waals surface area contributed by atoms with E-state index < -0.39 is 16.1 Å². The van der Waals surface area contributed by atoms with Gasteiger partial charge in [0.1, 0.15) is 11.8 Å². The van der Waals surface area contributed by atoms with Gasteiger partial charge >= 0.3 is 0 Å². The number of methoxy groups -OCH3 is 1. The van der Waals surface area contributed by atoms with E-state index in [1.165, 1.54) is 28.6 Å². The molecule has 3 rings (SSSR count). The van der Waals surface area contributed by atoms with E-state index in [4.69, 9.17) is 16.3 Å². The lowest BCUT2D eigenvalue weighted by Crippen LogP contribution is -2.46. The van der Waals surface area contributed by atoms with E-state index in [1.54, 1.807) is 7.11 Å². The minimum Gasteiger partial charge on any atom is -0.497 e. The molecule has 0 aliphatic carbocycles. The van der Waals surface area contributed by atoms with Crippen LogP contribution >= 0.6 is 11.6 Å². The van der Waals surface area contributed by atoms with E-state index in [9.17, 15) is 13.2 Å². The predicted molar refractivity (Wildman–Crippen MR) is 113 cm³/mol. The molecule has 1 aliphatic heterocycles. The van der Waals surface area contributed by atoms with E-state index in [-0.39, 0.29) is 16.8 Å². The number of rotatable bonds is 7. The molecule has 1 heterocycles. The molecule has 0 aromatic heterocycles. The van der Waals surface area contributed by atoms with Crippen molar-refractivity contribution in [1.82, 2.24) is 9.62 Å². The Bertz CT molecular complexity index is 946. The number of carbonyl (C=O) groups excluding carboxylic acids is 1. The molecular formula is C21H25ClN2O4S. The molecule has 1 aliphatic rings. The lowest BCUT2D eigenvalue weighted by molar-refractivity contribution is -0.125. The summed E-state index contributed by atoms with van der Waals surface area (Å²) < 4.78 is 32.6. The highest BCUT2D eigenvalue weighted by Gasteiger charge is 2.39. The molecule has 6 nitrogen and oxygen atoms in total. The van der Waals surface area contributed by atoms with E-state index in [0.717, 1.165) is 11.3 Å². The monoisotopic (exact) mass is 436 g/mol. The van der Waals surface area contributed by atoms with Crippen LogP contribution in [-0.2, 0) is 14.8 Å². The highest BCUT2D eigenvalue weighted by atomic mass is 35.5. The van der Waals surface area contributed by atoms with Crippen LogP contribution < -0.4 is 10.1 Å². The summed E-state index contributed by atoms with van der Waals surface area (Å²) in [6.07, 6.45) is 1.83. The summed E-state index contributed by atoms with van der Waals surface area (Å²) >= 11 is 5.87. The van der Waals surface area contributed by atoms with Crippen LogP contribution in [0.25, 0.3) is 0 Å². The third-order valence-electron chi connectivity index (χ3n) is 5.17. The Kier molecular flexibility index (Phi) is 6.82. The van der Waals surface area contributed by atoms with E-state index in [1.807, 2.05) is 31.2 Å². The van der Waals surface area contributed by atoms with Gasteiger partial charge < -0.3 is 10.1 Å². The van der Waals surface area contributed by atoms with Gasteiger partial charge in [0, 0.05) is 11.6 Å². The Morgan fingerprint density at radius 1 is 1.21 bits per heavy atom. The maximum absolute atomic E-state index is 13.0. The number of halogens is 1. The number of benzene rings is 2. The first kappa shape index (κ1) is 21.6. The van der Waals surface area contributed by atoms with Crippen molar-refractivity contribution >= 4 is 27.5 Å². The smallest absolute Gasteiger partial charge is 0.243 e. The molecule has 1 fully saturated rings. The molecule has 2 aromatic rings. The molecular weight excluding hydrogens is 412 g/mol. The molecule has 0 spiro atoms. The third-order valence-corrected chi connectivity index (χ3v) is 7.34. The van der Waals surface area contributed by atoms with E-state index in [2.05, 4.69) is 5.32 Å². The molecule has 156 valence electrons. The van der Waals surface area contributed by atoms with Crippen molar-refractivity contribution in [2.75, 3.05) is 13.7 Å². The van der Waals surface area contributed by atoms with Gasteiger partial charge in [0.05, 0.1) is 18.0 Å². The van der Waals surface area contributed by atoms with Gasteiger partial charge in [0.2, 0.25) is 15.9 Å². The zero-order chi connectivity index (χ0) is 21.0. The fraction of sp³-hybridized carbons (Fsp3) is 0.381. The number of ether oxygens (including phenoxy) is 1. The highest BCUT2D eigenvalue weighted by Crippen LogP contribution is 2.28. The molecule has 0 bridgehead atoms. The first-order valence-electron chi connectivity index (χ1n) is 9.58. The number of sulfonamides is 1. The zero-order valence-electron chi connectivity index (χ0n) is 16.5. The quantitative estimate of drug-likeness (QED) is 0.716. The van der Waals surface area contributed by atoms with E-state index in [0.29, 0.717) is 30.8 Å². The minimum absolute atomic E-state index is 0.142. The summed E-state index contributed by atoms with van der Waals surface area (Å²) in [4.78, 5) is 13.1. The van der Waals surface area contributed by atoms with Gasteiger partial charge in [0.25, 0.3) is 0 Å². The number of hydrogen-bond acceptors (Lipinski definition) is 4. The van der Waals surface area contributed by atoms with Gasteiger partial charge in [-0.1, -0.05) is 30.7 Å². The normalized spacial score (nSPS) is 18.4. The fourth-order valence-electron chi connectivity index (χ4n) is 3.56. The van der Waals surface area contributed by atoms with Crippen molar-refractivity contribution in [3.05, 3.63) is 59.1 Å². The SMILES string of the molecule is CC[C@@H](NC(=O)[C@H]1CCCN1S(=O)(=O)c1ccc(Cl)cc1)c1ccc(OC)cc1. The topological polar surface area (TPSA) is 75.7 Å². The van der Waals surface area contributed by atoms with Gasteiger partial charge in [-0.15, -0.1) is 0 Å². The maximum Gasteiger partial charge on any atom is 0.243 e. The Labute approximate surface area is 176 Å². The molecule has 2 atom stereocenters. The van der Waals surface area contributed by atoms with Gasteiger partial charge in [-0.3, -0.25) is 4.79 Å². The molecule has 1 amide bonds. The third kappa shape index (κ3) is 4.74. The molecule has 29 heavy (non-hydrogen) atoms. The molecule has 0 unspecified atom stereocenters. The van der Waals surface area contributed by atoms with Crippen molar-refractivity contribution in [1.29, 1.82) is 0 Å². The van der Waals surface area contributed by atoms with Crippen molar-refractivity contribution in [2.24, 2.45) is 0 Å². The molecule has 2 aromatic carbocycles. The average Bonchev–Trinajstić information content (AvgIpc) is 3.23. The second-order valence-electron chi connectivity index (χ2n) is 6.97. The second kappa shape index (κ2) is 9.15. The summed E-state index contributed by atoms with van der Waals surface area (Å²) in [6, 6.07) is 12.6. The average molecular weight is 437 g/mol. The van der Waals surface area contributed by atoms with Gasteiger partial charge in [0.15, 0.2) is 0 Å². The number of carbonyl (C=O) groups is 1. The summed E-state index contributed by atoms with van der Waals surface area (Å²) in [7, 11) is -2.17. The number of amides is 1. The summed E-state index contributed by atoms with van der Waals surface area (Å²) in [5.41, 5.74) is 0.951. The predicted octanol–water partition coefficient (Wildman–Crippen LogP) is 3.77. The number of nitrogens with zero attached hydrogens (tertiary/aromatic N) is 1. The van der Waals surface area contributed by atoms with Crippen LogP contribution in [0.5, 0.6) is 5.75 Å². The molecule has 0 saturated carbocycles. The van der Waals surface area contributed by atoms with Crippen molar-refractivity contribution in [3.63, 3.8) is 0 Å². The Balaban J connectivity index is 1.77. The van der Waals surface area contributed by atoms with Crippen LogP contribution in [-0.4, -0.2) is 38.3 Å². The van der Waals surface area contributed by atoms with Gasteiger partial charge in [-0.25, -0.2) is 8.42 Å². The summed E-state index contributed by atoms with van der Waals surface area (Å²) in [5, 5.41) is 3.48. The molecule has 1 saturated heterocycles. The Morgan fingerprint density at radius 3 is 2.45 bits per heavy atom. The van der Waals surface area contributed by atoms with Crippen LogP contribution in [0.3, 0.4) is 0 Å². The zero-order valence-corrected chi connectivity index (χ0v) is 18.0. The maximum atomic E-state index is 13.0. The van der Waals surface area contributed by atoms with Crippen molar-refractivity contribution < 1.29 is 17.9 Å². The lowest BCUT2D eigenvalue weighted by atomic mass is 10.0. The summed E-state index contributed by atoms with van der Waals surface area (Å²) in [6.45, 7) is 2.30. The first-order valence-corrected chi connectivity index (χ1v) is 11.4. The van der Waals surface area contributed by atoms with Crippen molar-refractivity contribution in [3.8, 4) is 5.75 Å². The molecule has 0 radical (unpaired) electrons.